The zero-order valence-electron chi connectivity index (χ0n) is 8.09. The summed E-state index contributed by atoms with van der Waals surface area (Å²) in [5.41, 5.74) is 2.90. The second-order valence-electron chi connectivity index (χ2n) is 3.09. The van der Waals surface area contributed by atoms with E-state index in [1.54, 1.807) is 0 Å². The molecule has 0 atom stereocenters. The van der Waals surface area contributed by atoms with E-state index in [2.05, 4.69) is 9.97 Å². The van der Waals surface area contributed by atoms with E-state index in [1.165, 1.54) is 11.8 Å². The van der Waals surface area contributed by atoms with E-state index in [1.807, 2.05) is 31.4 Å². The molecule has 0 aliphatic rings. The average Bonchev–Trinajstić information content (AvgIpc) is 2.55. The highest BCUT2D eigenvalue weighted by Gasteiger charge is 2.03. The van der Waals surface area contributed by atoms with E-state index in [4.69, 9.17) is 5.41 Å². The standard InChI is InChI=1S/C10H11N3S/c1-6-12-8-4-3-7(10(11)14-2)5-9(8)13-6/h3-5,11H,1-2H3,(H,12,13). The van der Waals surface area contributed by atoms with Crippen LogP contribution in [-0.2, 0) is 0 Å². The topological polar surface area (TPSA) is 52.5 Å². The third-order valence-corrected chi connectivity index (χ3v) is 2.71. The maximum Gasteiger partial charge on any atom is 0.104 e. The van der Waals surface area contributed by atoms with E-state index in [0.29, 0.717) is 5.04 Å². The molecule has 2 N–H and O–H groups in total. The van der Waals surface area contributed by atoms with Gasteiger partial charge in [-0.05, 0) is 31.4 Å². The Morgan fingerprint density at radius 2 is 2.29 bits per heavy atom. The lowest BCUT2D eigenvalue weighted by atomic mass is 10.2. The SMILES string of the molecule is CSC(=N)c1ccc2nc(C)[nH]c2c1. The van der Waals surface area contributed by atoms with Gasteiger partial charge in [0.15, 0.2) is 0 Å². The molecule has 0 aliphatic carbocycles. The van der Waals surface area contributed by atoms with Gasteiger partial charge in [0.1, 0.15) is 5.82 Å². The van der Waals surface area contributed by atoms with Gasteiger partial charge >= 0.3 is 0 Å². The number of imidazole rings is 1. The number of thioether (sulfide) groups is 1. The fourth-order valence-corrected chi connectivity index (χ4v) is 1.76. The van der Waals surface area contributed by atoms with Crippen molar-refractivity contribution in [1.29, 1.82) is 5.41 Å². The number of hydrogen-bond donors (Lipinski definition) is 2. The highest BCUT2D eigenvalue weighted by atomic mass is 32.2. The van der Waals surface area contributed by atoms with Crippen LogP contribution in [0.15, 0.2) is 18.2 Å². The van der Waals surface area contributed by atoms with Gasteiger partial charge in [0.25, 0.3) is 0 Å². The Labute approximate surface area is 86.4 Å². The highest BCUT2D eigenvalue weighted by molar-refractivity contribution is 8.13. The van der Waals surface area contributed by atoms with Crippen LogP contribution >= 0.6 is 11.8 Å². The zero-order chi connectivity index (χ0) is 10.1. The van der Waals surface area contributed by atoms with Crippen LogP contribution in [0.5, 0.6) is 0 Å². The number of nitrogens with one attached hydrogen (secondary N) is 2. The first kappa shape index (κ1) is 9.27. The molecule has 2 aromatic rings. The van der Waals surface area contributed by atoms with Crippen molar-refractivity contribution >= 4 is 27.8 Å². The maximum atomic E-state index is 7.69. The number of benzene rings is 1. The molecule has 72 valence electrons. The van der Waals surface area contributed by atoms with Crippen molar-refractivity contribution in [3.05, 3.63) is 29.6 Å². The van der Waals surface area contributed by atoms with Gasteiger partial charge in [-0.3, -0.25) is 5.41 Å². The number of aromatic nitrogens is 2. The van der Waals surface area contributed by atoms with Crippen molar-refractivity contribution in [2.45, 2.75) is 6.92 Å². The molecule has 0 saturated carbocycles. The molecule has 0 spiro atoms. The van der Waals surface area contributed by atoms with Crippen LogP contribution < -0.4 is 0 Å². The Balaban J connectivity index is 2.55. The first-order valence-corrected chi connectivity index (χ1v) is 5.52. The molecule has 0 unspecified atom stereocenters. The number of nitrogens with zero attached hydrogens (tertiary/aromatic N) is 1. The number of H-pyrrole nitrogens is 1. The molecule has 1 aromatic carbocycles. The molecule has 1 heterocycles. The largest absolute Gasteiger partial charge is 0.342 e. The third kappa shape index (κ3) is 1.53. The van der Waals surface area contributed by atoms with E-state index in [-0.39, 0.29) is 0 Å². The number of hydrogen-bond acceptors (Lipinski definition) is 3. The minimum absolute atomic E-state index is 0.583. The molecule has 4 heteroatoms. The smallest absolute Gasteiger partial charge is 0.104 e. The van der Waals surface area contributed by atoms with Crippen molar-refractivity contribution in [2.24, 2.45) is 0 Å². The molecule has 0 fully saturated rings. The van der Waals surface area contributed by atoms with E-state index < -0.39 is 0 Å². The van der Waals surface area contributed by atoms with Crippen molar-refractivity contribution < 1.29 is 0 Å². The van der Waals surface area contributed by atoms with Gasteiger partial charge in [-0.15, -0.1) is 11.8 Å². The summed E-state index contributed by atoms with van der Waals surface area (Å²) in [4.78, 5) is 7.47. The van der Waals surface area contributed by atoms with Crippen LogP contribution in [0.3, 0.4) is 0 Å². The van der Waals surface area contributed by atoms with E-state index in [0.717, 1.165) is 22.4 Å². The summed E-state index contributed by atoms with van der Waals surface area (Å²) in [6.07, 6.45) is 1.91. The fraction of sp³-hybridized carbons (Fsp3) is 0.200. The Morgan fingerprint density at radius 3 is 3.00 bits per heavy atom. The molecule has 0 saturated heterocycles. The lowest BCUT2D eigenvalue weighted by Gasteiger charge is -1.98. The predicted octanol–water partition coefficient (Wildman–Crippen LogP) is 2.56. The second kappa shape index (κ2) is 3.46. The Bertz CT molecular complexity index is 487. The zero-order valence-corrected chi connectivity index (χ0v) is 8.90. The highest BCUT2D eigenvalue weighted by Crippen LogP contribution is 2.16. The van der Waals surface area contributed by atoms with Crippen LogP contribution in [0, 0.1) is 12.3 Å². The number of rotatable bonds is 1. The van der Waals surface area contributed by atoms with Crippen molar-refractivity contribution in [3.63, 3.8) is 0 Å². The van der Waals surface area contributed by atoms with Crippen molar-refractivity contribution in [2.75, 3.05) is 6.26 Å². The summed E-state index contributed by atoms with van der Waals surface area (Å²) >= 11 is 1.44. The lowest BCUT2D eigenvalue weighted by Crippen LogP contribution is -1.91. The maximum absolute atomic E-state index is 7.69. The lowest BCUT2D eigenvalue weighted by molar-refractivity contribution is 1.17. The molecule has 1 aromatic heterocycles. The quantitative estimate of drug-likeness (QED) is 0.555. The number of fused-ring (bicyclic) bond motifs is 1. The summed E-state index contributed by atoms with van der Waals surface area (Å²) in [7, 11) is 0. The van der Waals surface area contributed by atoms with Crippen LogP contribution in [0.2, 0.25) is 0 Å². The number of aromatic amines is 1. The van der Waals surface area contributed by atoms with Crippen LogP contribution in [0.4, 0.5) is 0 Å². The minimum atomic E-state index is 0.583. The molecule has 0 bridgehead atoms. The fourth-order valence-electron chi connectivity index (χ4n) is 1.40. The Kier molecular flexibility index (Phi) is 2.29. The van der Waals surface area contributed by atoms with Crippen LogP contribution in [0.25, 0.3) is 11.0 Å². The first-order chi connectivity index (χ1) is 6.70. The molecule has 14 heavy (non-hydrogen) atoms. The van der Waals surface area contributed by atoms with Crippen LogP contribution in [-0.4, -0.2) is 21.3 Å². The summed E-state index contributed by atoms with van der Waals surface area (Å²) < 4.78 is 0. The van der Waals surface area contributed by atoms with E-state index >= 15 is 0 Å². The summed E-state index contributed by atoms with van der Waals surface area (Å²) in [5.74, 6) is 0.910. The molecular weight excluding hydrogens is 194 g/mol. The molecule has 0 amide bonds. The normalized spacial score (nSPS) is 10.7. The first-order valence-electron chi connectivity index (χ1n) is 4.30. The van der Waals surface area contributed by atoms with Gasteiger partial charge < -0.3 is 4.98 Å². The van der Waals surface area contributed by atoms with Crippen LogP contribution in [0.1, 0.15) is 11.4 Å². The van der Waals surface area contributed by atoms with Crippen molar-refractivity contribution in [3.8, 4) is 0 Å². The van der Waals surface area contributed by atoms with Gasteiger partial charge in [-0.25, -0.2) is 4.98 Å². The Hall–Kier alpha value is -1.29. The predicted molar refractivity (Wildman–Crippen MR) is 61.2 cm³/mol. The summed E-state index contributed by atoms with van der Waals surface area (Å²) in [5, 5.41) is 8.27. The molecule has 0 radical (unpaired) electrons. The molecular formula is C10H11N3S. The van der Waals surface area contributed by atoms with Gasteiger partial charge in [0.05, 0.1) is 16.1 Å². The minimum Gasteiger partial charge on any atom is -0.342 e. The monoisotopic (exact) mass is 205 g/mol. The third-order valence-electron chi connectivity index (χ3n) is 2.07. The molecule has 0 aliphatic heterocycles. The van der Waals surface area contributed by atoms with E-state index in [9.17, 15) is 0 Å². The average molecular weight is 205 g/mol. The molecule has 3 nitrogen and oxygen atoms in total. The number of aryl methyl sites for hydroxylation is 1. The Morgan fingerprint density at radius 1 is 1.50 bits per heavy atom. The second-order valence-corrected chi connectivity index (χ2v) is 3.90. The van der Waals surface area contributed by atoms with Crippen molar-refractivity contribution in [1.82, 2.24) is 9.97 Å². The molecule has 2 rings (SSSR count). The van der Waals surface area contributed by atoms with Gasteiger partial charge in [0, 0.05) is 5.56 Å². The summed E-state index contributed by atoms with van der Waals surface area (Å²) in [6, 6.07) is 5.84. The van der Waals surface area contributed by atoms with Gasteiger partial charge in [-0.1, -0.05) is 0 Å². The summed E-state index contributed by atoms with van der Waals surface area (Å²) in [6.45, 7) is 1.93. The van der Waals surface area contributed by atoms with Gasteiger partial charge in [-0.2, -0.15) is 0 Å². The van der Waals surface area contributed by atoms with Gasteiger partial charge in [0.2, 0.25) is 0 Å².